The number of hydrogen-bond acceptors (Lipinski definition) is 4. The van der Waals surface area contributed by atoms with Gasteiger partial charge in [0.25, 0.3) is 5.91 Å². The summed E-state index contributed by atoms with van der Waals surface area (Å²) >= 11 is 5.95. The molecule has 2 aromatic rings. The summed E-state index contributed by atoms with van der Waals surface area (Å²) in [5.74, 6) is -1.19. The average Bonchev–Trinajstić information content (AvgIpc) is 3.09. The van der Waals surface area contributed by atoms with Gasteiger partial charge in [0.15, 0.2) is 5.76 Å². The first-order valence-electron chi connectivity index (χ1n) is 7.07. The monoisotopic (exact) mass is 349 g/mol. The first-order chi connectivity index (χ1) is 11.5. The minimum atomic E-state index is -0.498. The van der Waals surface area contributed by atoms with Gasteiger partial charge in [0.1, 0.15) is 0 Å². The molecule has 0 saturated carbocycles. The summed E-state index contributed by atoms with van der Waals surface area (Å²) in [6, 6.07) is 9.85. The molecule has 2 N–H and O–H groups in total. The number of hydrogen-bond donors (Lipinski definition) is 2. The van der Waals surface area contributed by atoms with E-state index in [2.05, 4.69) is 10.6 Å². The quantitative estimate of drug-likeness (QED) is 0.831. The lowest BCUT2D eigenvalue weighted by Crippen LogP contribution is -2.41. The van der Waals surface area contributed by atoms with E-state index in [9.17, 15) is 14.4 Å². The van der Waals surface area contributed by atoms with Crippen LogP contribution in [-0.2, 0) is 9.59 Å². The number of para-hydroxylation sites is 1. The Bertz CT molecular complexity index is 731. The molecule has 0 radical (unpaired) electrons. The summed E-state index contributed by atoms with van der Waals surface area (Å²) in [5, 5.41) is 5.45. The van der Waals surface area contributed by atoms with E-state index >= 15 is 0 Å². The zero-order chi connectivity index (χ0) is 17.5. The molecule has 1 aromatic carbocycles. The second-order valence-corrected chi connectivity index (χ2v) is 5.35. The third-order valence-electron chi connectivity index (χ3n) is 3.10. The Kier molecular flexibility index (Phi) is 5.97. The number of carbonyl (C=O) groups is 3. The molecule has 0 aliphatic heterocycles. The second kappa shape index (κ2) is 8.16. The third-order valence-corrected chi connectivity index (χ3v) is 3.43. The van der Waals surface area contributed by atoms with Crippen molar-refractivity contribution in [2.45, 2.75) is 0 Å². The molecule has 0 unspecified atom stereocenters. The topological polar surface area (TPSA) is 91.7 Å². The summed E-state index contributed by atoms with van der Waals surface area (Å²) in [7, 11) is 1.47. The van der Waals surface area contributed by atoms with E-state index < -0.39 is 17.7 Å². The maximum atomic E-state index is 11.9. The van der Waals surface area contributed by atoms with Gasteiger partial charge < -0.3 is 20.0 Å². The second-order valence-electron chi connectivity index (χ2n) is 4.94. The standard InChI is InChI=1S/C16H16ClN3O4/c1-20(10-14(21)19-12-6-3-2-5-11(12)17)15(22)9-18-16(23)13-7-4-8-24-13/h2-8H,9-10H2,1H3,(H,18,23)(H,19,21). The van der Waals surface area contributed by atoms with Crippen LogP contribution in [0.25, 0.3) is 0 Å². The maximum absolute atomic E-state index is 11.9. The van der Waals surface area contributed by atoms with E-state index in [0.29, 0.717) is 10.7 Å². The number of nitrogens with one attached hydrogen (secondary N) is 2. The molecule has 1 aromatic heterocycles. The van der Waals surface area contributed by atoms with Gasteiger partial charge in [0, 0.05) is 7.05 Å². The Morgan fingerprint density at radius 2 is 1.92 bits per heavy atom. The van der Waals surface area contributed by atoms with Crippen molar-refractivity contribution in [2.75, 3.05) is 25.5 Å². The number of amides is 3. The number of anilines is 1. The molecule has 2 rings (SSSR count). The van der Waals surface area contributed by atoms with E-state index in [1.807, 2.05) is 0 Å². The molecular weight excluding hydrogens is 334 g/mol. The molecule has 0 spiro atoms. The van der Waals surface area contributed by atoms with Crippen molar-refractivity contribution in [3.8, 4) is 0 Å². The van der Waals surface area contributed by atoms with Gasteiger partial charge in [-0.15, -0.1) is 0 Å². The number of benzene rings is 1. The largest absolute Gasteiger partial charge is 0.459 e. The average molecular weight is 350 g/mol. The molecule has 8 heteroatoms. The number of carbonyl (C=O) groups excluding carboxylic acids is 3. The highest BCUT2D eigenvalue weighted by Gasteiger charge is 2.16. The van der Waals surface area contributed by atoms with E-state index in [-0.39, 0.29) is 18.8 Å². The van der Waals surface area contributed by atoms with Crippen molar-refractivity contribution in [1.82, 2.24) is 10.2 Å². The third kappa shape index (κ3) is 4.85. The fourth-order valence-corrected chi connectivity index (χ4v) is 2.02. The zero-order valence-corrected chi connectivity index (χ0v) is 13.7. The molecule has 3 amide bonds. The van der Waals surface area contributed by atoms with Crippen LogP contribution in [0, 0.1) is 0 Å². The van der Waals surface area contributed by atoms with Gasteiger partial charge in [0.05, 0.1) is 30.1 Å². The highest BCUT2D eigenvalue weighted by atomic mass is 35.5. The Balaban J connectivity index is 1.79. The normalized spacial score (nSPS) is 10.1. The lowest BCUT2D eigenvalue weighted by molar-refractivity contribution is -0.132. The molecule has 0 aliphatic carbocycles. The van der Waals surface area contributed by atoms with Crippen LogP contribution in [0.5, 0.6) is 0 Å². The minimum Gasteiger partial charge on any atom is -0.459 e. The van der Waals surface area contributed by atoms with Crippen molar-refractivity contribution in [3.63, 3.8) is 0 Å². The predicted molar refractivity (Wildman–Crippen MR) is 88.8 cm³/mol. The Morgan fingerprint density at radius 1 is 1.17 bits per heavy atom. The van der Waals surface area contributed by atoms with E-state index in [1.165, 1.54) is 24.3 Å². The molecule has 0 aliphatic rings. The van der Waals surface area contributed by atoms with Crippen molar-refractivity contribution in [3.05, 3.63) is 53.4 Å². The summed E-state index contributed by atoms with van der Waals surface area (Å²) in [6.07, 6.45) is 1.36. The van der Waals surface area contributed by atoms with Gasteiger partial charge in [-0.1, -0.05) is 23.7 Å². The molecule has 0 bridgehead atoms. The first kappa shape index (κ1) is 17.6. The Hall–Kier alpha value is -2.80. The smallest absolute Gasteiger partial charge is 0.287 e. The van der Waals surface area contributed by atoms with Gasteiger partial charge in [0.2, 0.25) is 11.8 Å². The molecule has 1 heterocycles. The van der Waals surface area contributed by atoms with Crippen LogP contribution in [0.3, 0.4) is 0 Å². The van der Waals surface area contributed by atoms with E-state index in [0.717, 1.165) is 0 Å². The fourth-order valence-electron chi connectivity index (χ4n) is 1.84. The SMILES string of the molecule is CN(CC(=O)Nc1ccccc1Cl)C(=O)CNC(=O)c1ccco1. The van der Waals surface area contributed by atoms with Crippen LogP contribution < -0.4 is 10.6 Å². The highest BCUT2D eigenvalue weighted by molar-refractivity contribution is 6.33. The maximum Gasteiger partial charge on any atom is 0.287 e. The van der Waals surface area contributed by atoms with Gasteiger partial charge in [-0.05, 0) is 24.3 Å². The van der Waals surface area contributed by atoms with Crippen LogP contribution >= 0.6 is 11.6 Å². The number of halogens is 1. The number of nitrogens with zero attached hydrogens (tertiary/aromatic N) is 1. The van der Waals surface area contributed by atoms with Gasteiger partial charge >= 0.3 is 0 Å². The van der Waals surface area contributed by atoms with Crippen LogP contribution in [0.1, 0.15) is 10.6 Å². The van der Waals surface area contributed by atoms with Crippen LogP contribution in [0.15, 0.2) is 47.1 Å². The highest BCUT2D eigenvalue weighted by Crippen LogP contribution is 2.20. The molecule has 24 heavy (non-hydrogen) atoms. The summed E-state index contributed by atoms with van der Waals surface area (Å²) in [6.45, 7) is -0.407. The lowest BCUT2D eigenvalue weighted by Gasteiger charge is -2.17. The molecule has 7 nitrogen and oxygen atoms in total. The number of rotatable bonds is 6. The summed E-state index contributed by atoms with van der Waals surface area (Å²) in [5.41, 5.74) is 0.469. The molecule has 126 valence electrons. The van der Waals surface area contributed by atoms with Crippen LogP contribution in [0.2, 0.25) is 5.02 Å². The number of likely N-dealkylation sites (N-methyl/N-ethyl adjacent to an activating group) is 1. The van der Waals surface area contributed by atoms with Crippen LogP contribution in [-0.4, -0.2) is 42.8 Å². The fraction of sp³-hybridized carbons (Fsp3) is 0.188. The van der Waals surface area contributed by atoms with Crippen molar-refractivity contribution in [1.29, 1.82) is 0 Å². The van der Waals surface area contributed by atoms with Crippen molar-refractivity contribution in [2.24, 2.45) is 0 Å². The summed E-state index contributed by atoms with van der Waals surface area (Å²) in [4.78, 5) is 36.8. The Labute approximate surface area is 143 Å². The van der Waals surface area contributed by atoms with Gasteiger partial charge in [-0.3, -0.25) is 14.4 Å². The van der Waals surface area contributed by atoms with Crippen molar-refractivity contribution < 1.29 is 18.8 Å². The Morgan fingerprint density at radius 3 is 2.58 bits per heavy atom. The van der Waals surface area contributed by atoms with E-state index in [4.69, 9.17) is 16.0 Å². The number of furan rings is 1. The zero-order valence-electron chi connectivity index (χ0n) is 12.9. The lowest BCUT2D eigenvalue weighted by atomic mass is 10.3. The van der Waals surface area contributed by atoms with Gasteiger partial charge in [-0.2, -0.15) is 0 Å². The molecule has 0 atom stereocenters. The molecular formula is C16H16ClN3O4. The van der Waals surface area contributed by atoms with Crippen molar-refractivity contribution >= 4 is 35.0 Å². The molecule has 0 saturated heterocycles. The van der Waals surface area contributed by atoms with Crippen LogP contribution in [0.4, 0.5) is 5.69 Å². The predicted octanol–water partition coefficient (Wildman–Crippen LogP) is 1.76. The van der Waals surface area contributed by atoms with E-state index in [1.54, 1.807) is 30.3 Å². The van der Waals surface area contributed by atoms with Gasteiger partial charge in [-0.25, -0.2) is 0 Å². The first-order valence-corrected chi connectivity index (χ1v) is 7.45. The molecule has 0 fully saturated rings. The minimum absolute atomic E-state index is 0.113. The summed E-state index contributed by atoms with van der Waals surface area (Å²) < 4.78 is 4.92.